The number of carbonyl (C=O) groups is 1. The van der Waals surface area contributed by atoms with Crippen molar-refractivity contribution < 1.29 is 4.79 Å². The number of hydrogen-bond donors (Lipinski definition) is 1. The van der Waals surface area contributed by atoms with E-state index in [9.17, 15) is 4.79 Å². The summed E-state index contributed by atoms with van der Waals surface area (Å²) in [5.74, 6) is 0.293. The highest BCUT2D eigenvalue weighted by Crippen LogP contribution is 2.34. The van der Waals surface area contributed by atoms with Crippen molar-refractivity contribution in [1.82, 2.24) is 5.32 Å². The number of amides is 1. The zero-order valence-electron chi connectivity index (χ0n) is 10.7. The number of fused-ring (bicyclic) bond motifs is 1. The number of nitrogens with one attached hydrogen (secondary N) is 1. The summed E-state index contributed by atoms with van der Waals surface area (Å²) in [6.45, 7) is 0.651. The first-order valence-corrected chi connectivity index (χ1v) is 7.63. The monoisotopic (exact) mass is 349 g/mol. The summed E-state index contributed by atoms with van der Waals surface area (Å²) in [5, 5.41) is 3.44. The van der Waals surface area contributed by atoms with Gasteiger partial charge in [0.1, 0.15) is 0 Å². The van der Waals surface area contributed by atoms with Gasteiger partial charge in [-0.25, -0.2) is 0 Å². The molecule has 0 saturated carbocycles. The summed E-state index contributed by atoms with van der Waals surface area (Å²) >= 11 is 9.41. The molecule has 2 aromatic rings. The summed E-state index contributed by atoms with van der Waals surface area (Å²) in [4.78, 5) is 12.2. The number of hydrogen-bond acceptors (Lipinski definition) is 1. The number of carbonyl (C=O) groups excluding carboxylic acids is 1. The van der Waals surface area contributed by atoms with Crippen LogP contribution in [-0.4, -0.2) is 12.5 Å². The van der Waals surface area contributed by atoms with Crippen LogP contribution >= 0.6 is 27.5 Å². The van der Waals surface area contributed by atoms with Gasteiger partial charge in [-0.05, 0) is 35.7 Å². The molecular weight excluding hydrogens is 338 g/mol. The summed E-state index contributed by atoms with van der Waals surface area (Å²) < 4.78 is 0.848. The summed E-state index contributed by atoms with van der Waals surface area (Å²) in [6.07, 6.45) is 1.03. The second kappa shape index (κ2) is 5.58. The molecule has 0 radical (unpaired) electrons. The van der Waals surface area contributed by atoms with E-state index in [1.165, 1.54) is 11.1 Å². The Morgan fingerprint density at radius 3 is 2.90 bits per heavy atom. The van der Waals surface area contributed by atoms with E-state index in [0.717, 1.165) is 10.9 Å². The van der Waals surface area contributed by atoms with Crippen LogP contribution in [0.2, 0.25) is 5.02 Å². The van der Waals surface area contributed by atoms with Gasteiger partial charge in [0.15, 0.2) is 0 Å². The lowest BCUT2D eigenvalue weighted by atomic mass is 9.77. The average molecular weight is 351 g/mol. The minimum Gasteiger partial charge on any atom is -0.351 e. The average Bonchev–Trinajstić information content (AvgIpc) is 2.42. The van der Waals surface area contributed by atoms with Crippen LogP contribution in [0.25, 0.3) is 0 Å². The maximum Gasteiger partial charge on any atom is 0.252 e. The van der Waals surface area contributed by atoms with Gasteiger partial charge in [-0.1, -0.05) is 51.8 Å². The van der Waals surface area contributed by atoms with Crippen LogP contribution < -0.4 is 5.32 Å². The zero-order chi connectivity index (χ0) is 14.1. The molecular formula is C16H13BrClNO. The van der Waals surface area contributed by atoms with E-state index in [1.807, 2.05) is 12.1 Å². The number of rotatable bonds is 3. The highest BCUT2D eigenvalue weighted by atomic mass is 79.9. The lowest BCUT2D eigenvalue weighted by Crippen LogP contribution is -2.33. The van der Waals surface area contributed by atoms with Gasteiger partial charge < -0.3 is 5.32 Å². The van der Waals surface area contributed by atoms with Crippen LogP contribution in [0.5, 0.6) is 0 Å². The maximum absolute atomic E-state index is 12.2. The quantitative estimate of drug-likeness (QED) is 0.884. The van der Waals surface area contributed by atoms with Crippen molar-refractivity contribution in [2.45, 2.75) is 12.3 Å². The van der Waals surface area contributed by atoms with E-state index < -0.39 is 0 Å². The molecule has 1 unspecified atom stereocenters. The first kappa shape index (κ1) is 13.7. The van der Waals surface area contributed by atoms with Crippen LogP contribution in [-0.2, 0) is 6.42 Å². The largest absolute Gasteiger partial charge is 0.351 e. The third-order valence-electron chi connectivity index (χ3n) is 3.64. The topological polar surface area (TPSA) is 29.1 Å². The van der Waals surface area contributed by atoms with E-state index in [2.05, 4.69) is 39.4 Å². The van der Waals surface area contributed by atoms with Crippen molar-refractivity contribution in [2.75, 3.05) is 6.54 Å². The zero-order valence-corrected chi connectivity index (χ0v) is 13.0. The van der Waals surface area contributed by atoms with E-state index in [4.69, 9.17) is 11.6 Å². The van der Waals surface area contributed by atoms with E-state index in [1.54, 1.807) is 12.1 Å². The van der Waals surface area contributed by atoms with Crippen LogP contribution in [0.4, 0.5) is 0 Å². The molecule has 0 aromatic heterocycles. The van der Waals surface area contributed by atoms with Crippen LogP contribution in [0.1, 0.15) is 27.4 Å². The van der Waals surface area contributed by atoms with Gasteiger partial charge in [-0.15, -0.1) is 0 Å². The van der Waals surface area contributed by atoms with Gasteiger partial charge in [0.25, 0.3) is 5.91 Å². The molecule has 1 N–H and O–H groups in total. The fourth-order valence-corrected chi connectivity index (χ4v) is 3.09. The van der Waals surface area contributed by atoms with Gasteiger partial charge in [0.2, 0.25) is 0 Å². The third-order valence-corrected chi connectivity index (χ3v) is 4.47. The molecule has 0 heterocycles. The van der Waals surface area contributed by atoms with Crippen LogP contribution in [0.15, 0.2) is 46.9 Å². The smallest absolute Gasteiger partial charge is 0.252 e. The number of halogens is 2. The lowest BCUT2D eigenvalue weighted by Gasteiger charge is -2.30. The summed E-state index contributed by atoms with van der Waals surface area (Å²) in [7, 11) is 0. The maximum atomic E-state index is 12.2. The molecule has 1 atom stereocenters. The minimum atomic E-state index is -0.124. The van der Waals surface area contributed by atoms with Gasteiger partial charge >= 0.3 is 0 Å². The lowest BCUT2D eigenvalue weighted by molar-refractivity contribution is 0.0950. The van der Waals surface area contributed by atoms with Crippen molar-refractivity contribution in [3.63, 3.8) is 0 Å². The Morgan fingerprint density at radius 2 is 2.10 bits per heavy atom. The number of benzene rings is 2. The molecule has 20 heavy (non-hydrogen) atoms. The molecule has 2 aromatic carbocycles. The van der Waals surface area contributed by atoms with E-state index in [0.29, 0.717) is 23.0 Å². The minimum absolute atomic E-state index is 0.124. The summed E-state index contributed by atoms with van der Waals surface area (Å²) in [6, 6.07) is 13.6. The SMILES string of the molecule is O=C(NCC1Cc2ccccc21)c1cc(Br)ccc1Cl. The molecule has 0 aliphatic heterocycles. The molecule has 1 aliphatic rings. The van der Waals surface area contributed by atoms with Gasteiger partial charge in [0.05, 0.1) is 10.6 Å². The highest BCUT2D eigenvalue weighted by Gasteiger charge is 2.25. The van der Waals surface area contributed by atoms with Crippen LogP contribution in [0, 0.1) is 0 Å². The van der Waals surface area contributed by atoms with Crippen molar-refractivity contribution in [3.05, 3.63) is 68.7 Å². The molecule has 0 fully saturated rings. The Bertz CT molecular complexity index is 671. The van der Waals surface area contributed by atoms with Crippen LogP contribution in [0.3, 0.4) is 0 Å². The van der Waals surface area contributed by atoms with E-state index >= 15 is 0 Å². The first-order chi connectivity index (χ1) is 9.65. The van der Waals surface area contributed by atoms with Gasteiger partial charge in [-0.2, -0.15) is 0 Å². The van der Waals surface area contributed by atoms with Gasteiger partial charge in [-0.3, -0.25) is 4.79 Å². The van der Waals surface area contributed by atoms with Crippen molar-refractivity contribution in [3.8, 4) is 0 Å². The molecule has 102 valence electrons. The predicted octanol–water partition coefficient (Wildman–Crippen LogP) is 4.17. The fourth-order valence-electron chi connectivity index (χ4n) is 2.53. The fraction of sp³-hybridized carbons (Fsp3) is 0.188. The third kappa shape index (κ3) is 2.60. The van der Waals surface area contributed by atoms with Gasteiger partial charge in [0, 0.05) is 16.9 Å². The Balaban J connectivity index is 1.65. The molecule has 2 nitrogen and oxygen atoms in total. The molecule has 0 saturated heterocycles. The van der Waals surface area contributed by atoms with E-state index in [-0.39, 0.29) is 5.91 Å². The van der Waals surface area contributed by atoms with Crippen molar-refractivity contribution >= 4 is 33.4 Å². The standard InChI is InChI=1S/C16H13BrClNO/c17-12-5-6-15(18)14(8-12)16(20)19-9-11-7-10-3-1-2-4-13(10)11/h1-6,8,11H,7,9H2,(H,19,20). The highest BCUT2D eigenvalue weighted by molar-refractivity contribution is 9.10. The Morgan fingerprint density at radius 1 is 1.30 bits per heavy atom. The van der Waals surface area contributed by atoms with Crippen molar-refractivity contribution in [2.24, 2.45) is 0 Å². The molecule has 1 aliphatic carbocycles. The molecule has 4 heteroatoms. The molecule has 0 spiro atoms. The summed E-state index contributed by atoms with van der Waals surface area (Å²) in [5.41, 5.74) is 3.23. The first-order valence-electron chi connectivity index (χ1n) is 6.46. The normalized spacial score (nSPS) is 16.2. The Labute approximate surface area is 131 Å². The molecule has 3 rings (SSSR count). The predicted molar refractivity (Wildman–Crippen MR) is 84.4 cm³/mol. The molecule has 1 amide bonds. The molecule has 0 bridgehead atoms. The second-order valence-electron chi connectivity index (χ2n) is 4.93. The Kier molecular flexibility index (Phi) is 3.81. The Hall–Kier alpha value is -1.32. The van der Waals surface area contributed by atoms with Crippen molar-refractivity contribution in [1.29, 1.82) is 0 Å². The second-order valence-corrected chi connectivity index (χ2v) is 6.26.